The van der Waals surface area contributed by atoms with Gasteiger partial charge in [-0.3, -0.25) is 4.79 Å². The highest BCUT2D eigenvalue weighted by molar-refractivity contribution is 5.94. The molecule has 0 fully saturated rings. The van der Waals surface area contributed by atoms with Crippen LogP contribution in [0.25, 0.3) is 0 Å². The van der Waals surface area contributed by atoms with Crippen LogP contribution in [0.2, 0.25) is 0 Å². The number of hydrogen-bond acceptors (Lipinski definition) is 3. The van der Waals surface area contributed by atoms with E-state index in [0.717, 1.165) is 11.3 Å². The van der Waals surface area contributed by atoms with Gasteiger partial charge in [-0.05, 0) is 17.7 Å². The van der Waals surface area contributed by atoms with E-state index >= 15 is 0 Å². The average Bonchev–Trinajstić information content (AvgIpc) is 2.19. The number of rotatable bonds is 3. The van der Waals surface area contributed by atoms with Crippen LogP contribution in [0.4, 0.5) is 0 Å². The molecule has 1 aromatic carbocycles. The average molecular weight is 175 g/mol. The van der Waals surface area contributed by atoms with Gasteiger partial charge in [0.15, 0.2) is 0 Å². The first-order valence-electron chi connectivity index (χ1n) is 3.82. The molecule has 3 heteroatoms. The molecule has 0 aliphatic heterocycles. The van der Waals surface area contributed by atoms with Crippen molar-refractivity contribution < 1.29 is 9.53 Å². The molecule has 13 heavy (non-hydrogen) atoms. The maximum Gasteiger partial charge on any atom is 0.236 e. The number of nitrogens with zero attached hydrogens (tertiary/aromatic N) is 1. The Morgan fingerprint density at radius 3 is 2.54 bits per heavy atom. The molecule has 66 valence electrons. The molecule has 0 N–H and O–H groups in total. The first kappa shape index (κ1) is 9.27. The Balaban J connectivity index is 2.71. The van der Waals surface area contributed by atoms with E-state index in [0.29, 0.717) is 0 Å². The molecule has 0 saturated carbocycles. The van der Waals surface area contributed by atoms with E-state index in [1.165, 1.54) is 0 Å². The van der Waals surface area contributed by atoms with Gasteiger partial charge >= 0.3 is 0 Å². The number of nitriles is 1. The number of Topliss-reactive ketones (excluding diaryl/α,β-unsaturated/α-hetero) is 1. The van der Waals surface area contributed by atoms with Crippen LogP contribution in [0.1, 0.15) is 5.56 Å². The van der Waals surface area contributed by atoms with E-state index in [1.807, 2.05) is 0 Å². The predicted octanol–water partition coefficient (Wildman–Crippen LogP) is 1.33. The second-order valence-corrected chi connectivity index (χ2v) is 2.56. The van der Waals surface area contributed by atoms with Crippen LogP contribution in [0.5, 0.6) is 5.75 Å². The minimum Gasteiger partial charge on any atom is -0.497 e. The van der Waals surface area contributed by atoms with Crippen molar-refractivity contribution in [1.29, 1.82) is 5.26 Å². The Bertz CT molecular complexity index is 335. The van der Waals surface area contributed by atoms with Crippen molar-refractivity contribution >= 4 is 5.78 Å². The van der Waals surface area contributed by atoms with Gasteiger partial charge in [-0.25, -0.2) is 0 Å². The number of methoxy groups -OCH3 is 1. The van der Waals surface area contributed by atoms with Gasteiger partial charge in [0, 0.05) is 6.42 Å². The summed E-state index contributed by atoms with van der Waals surface area (Å²) < 4.78 is 4.95. The Kier molecular flexibility index (Phi) is 3.04. The fourth-order valence-electron chi connectivity index (χ4n) is 0.968. The largest absolute Gasteiger partial charge is 0.497 e. The lowest BCUT2D eigenvalue weighted by Crippen LogP contribution is -1.98. The molecule has 1 rings (SSSR count). The first-order valence-corrected chi connectivity index (χ1v) is 3.82. The monoisotopic (exact) mass is 175 g/mol. The van der Waals surface area contributed by atoms with E-state index in [9.17, 15) is 4.79 Å². The predicted molar refractivity (Wildman–Crippen MR) is 47.3 cm³/mol. The number of hydrogen-bond donors (Lipinski definition) is 0. The Labute approximate surface area is 76.6 Å². The van der Waals surface area contributed by atoms with E-state index in [-0.39, 0.29) is 6.42 Å². The van der Waals surface area contributed by atoms with Crippen molar-refractivity contribution in [3.63, 3.8) is 0 Å². The molecule has 0 spiro atoms. The zero-order valence-electron chi connectivity index (χ0n) is 7.28. The molecule has 0 amide bonds. The summed E-state index contributed by atoms with van der Waals surface area (Å²) in [6.45, 7) is 0. The molecule has 0 aromatic heterocycles. The van der Waals surface area contributed by atoms with Crippen molar-refractivity contribution in [3.05, 3.63) is 29.8 Å². The summed E-state index contributed by atoms with van der Waals surface area (Å²) in [5, 5.41) is 8.27. The third kappa shape index (κ3) is 2.60. The lowest BCUT2D eigenvalue weighted by atomic mass is 10.1. The summed E-state index contributed by atoms with van der Waals surface area (Å²) >= 11 is 0. The Morgan fingerprint density at radius 1 is 1.46 bits per heavy atom. The van der Waals surface area contributed by atoms with Gasteiger partial charge in [-0.15, -0.1) is 0 Å². The van der Waals surface area contributed by atoms with Gasteiger partial charge in [0.2, 0.25) is 5.78 Å². The van der Waals surface area contributed by atoms with Gasteiger partial charge in [0.25, 0.3) is 0 Å². The molecule has 0 bridgehead atoms. The fraction of sp³-hybridized carbons (Fsp3) is 0.200. The SMILES string of the molecule is COc1ccc(CC(=O)C#N)cc1. The summed E-state index contributed by atoms with van der Waals surface area (Å²) in [6, 6.07) is 8.64. The third-order valence-electron chi connectivity index (χ3n) is 1.65. The zero-order valence-corrected chi connectivity index (χ0v) is 7.28. The highest BCUT2D eigenvalue weighted by Gasteiger charge is 2.01. The van der Waals surface area contributed by atoms with Gasteiger partial charge in [-0.1, -0.05) is 12.1 Å². The number of ether oxygens (including phenoxy) is 1. The summed E-state index contributed by atoms with van der Waals surface area (Å²) in [7, 11) is 1.58. The smallest absolute Gasteiger partial charge is 0.236 e. The van der Waals surface area contributed by atoms with Crippen molar-refractivity contribution in [1.82, 2.24) is 0 Å². The van der Waals surface area contributed by atoms with E-state index in [4.69, 9.17) is 10.00 Å². The number of ketones is 1. The lowest BCUT2D eigenvalue weighted by Gasteiger charge is -1.99. The van der Waals surface area contributed by atoms with Gasteiger partial charge in [0.1, 0.15) is 11.8 Å². The van der Waals surface area contributed by atoms with Crippen LogP contribution in [0, 0.1) is 11.3 Å². The zero-order chi connectivity index (χ0) is 9.68. The highest BCUT2D eigenvalue weighted by atomic mass is 16.5. The molecular formula is C10H9NO2. The maximum atomic E-state index is 10.7. The minimum atomic E-state index is -0.426. The van der Waals surface area contributed by atoms with Crippen molar-refractivity contribution in [2.45, 2.75) is 6.42 Å². The summed E-state index contributed by atoms with van der Waals surface area (Å²) in [4.78, 5) is 10.7. The Hall–Kier alpha value is -1.82. The van der Waals surface area contributed by atoms with Crippen molar-refractivity contribution in [3.8, 4) is 11.8 Å². The number of carbonyl (C=O) groups is 1. The summed E-state index contributed by atoms with van der Waals surface area (Å²) in [6.07, 6.45) is 0.167. The number of carbonyl (C=O) groups excluding carboxylic acids is 1. The molecule has 1 aromatic rings. The van der Waals surface area contributed by atoms with Crippen LogP contribution >= 0.6 is 0 Å². The van der Waals surface area contributed by atoms with Gasteiger partial charge in [-0.2, -0.15) is 5.26 Å². The van der Waals surface area contributed by atoms with Crippen molar-refractivity contribution in [2.75, 3.05) is 7.11 Å². The number of benzene rings is 1. The lowest BCUT2D eigenvalue weighted by molar-refractivity contribution is -0.113. The molecular weight excluding hydrogens is 166 g/mol. The molecule has 0 atom stereocenters. The second-order valence-electron chi connectivity index (χ2n) is 2.56. The first-order chi connectivity index (χ1) is 6.26. The standard InChI is InChI=1S/C10H9NO2/c1-13-10-4-2-8(3-5-10)6-9(12)7-11/h2-5H,6H2,1H3. The van der Waals surface area contributed by atoms with E-state index < -0.39 is 5.78 Å². The molecule has 0 heterocycles. The van der Waals surface area contributed by atoms with Gasteiger partial charge in [0.05, 0.1) is 7.11 Å². The van der Waals surface area contributed by atoms with Crippen LogP contribution in [0.15, 0.2) is 24.3 Å². The van der Waals surface area contributed by atoms with Crippen LogP contribution in [0.3, 0.4) is 0 Å². The van der Waals surface area contributed by atoms with Gasteiger partial charge < -0.3 is 4.74 Å². The highest BCUT2D eigenvalue weighted by Crippen LogP contribution is 2.11. The van der Waals surface area contributed by atoms with Crippen LogP contribution in [-0.4, -0.2) is 12.9 Å². The summed E-state index contributed by atoms with van der Waals surface area (Å²) in [5.74, 6) is 0.318. The van der Waals surface area contributed by atoms with Crippen molar-refractivity contribution in [2.24, 2.45) is 0 Å². The second kappa shape index (κ2) is 4.27. The normalized spacial score (nSPS) is 8.92. The molecule has 0 radical (unpaired) electrons. The Morgan fingerprint density at radius 2 is 2.08 bits per heavy atom. The molecule has 0 aliphatic carbocycles. The molecule has 0 saturated heterocycles. The maximum absolute atomic E-state index is 10.7. The van der Waals surface area contributed by atoms with Crippen LogP contribution < -0.4 is 4.74 Å². The van der Waals surface area contributed by atoms with Crippen LogP contribution in [-0.2, 0) is 11.2 Å². The molecule has 3 nitrogen and oxygen atoms in total. The van der Waals surface area contributed by atoms with E-state index in [1.54, 1.807) is 37.4 Å². The molecule has 0 unspecified atom stereocenters. The minimum absolute atomic E-state index is 0.167. The topological polar surface area (TPSA) is 50.1 Å². The van der Waals surface area contributed by atoms with E-state index in [2.05, 4.69) is 0 Å². The third-order valence-corrected chi connectivity index (χ3v) is 1.65. The quantitative estimate of drug-likeness (QED) is 0.651. The fourth-order valence-corrected chi connectivity index (χ4v) is 0.968. The summed E-state index contributed by atoms with van der Waals surface area (Å²) in [5.41, 5.74) is 0.826. The molecule has 0 aliphatic rings.